The van der Waals surface area contributed by atoms with Crippen LogP contribution in [0.4, 0.5) is 10.1 Å². The van der Waals surface area contributed by atoms with E-state index >= 15 is 0 Å². The fourth-order valence-corrected chi connectivity index (χ4v) is 2.43. The summed E-state index contributed by atoms with van der Waals surface area (Å²) in [7, 11) is 2.04. The minimum Gasteiger partial charge on any atom is -0.379 e. The Kier molecular flexibility index (Phi) is 4.19. The van der Waals surface area contributed by atoms with Crippen LogP contribution in [0.3, 0.4) is 0 Å². The lowest BCUT2D eigenvalue weighted by Crippen LogP contribution is -2.33. The molecule has 1 aliphatic rings. The van der Waals surface area contributed by atoms with Crippen LogP contribution in [0.1, 0.15) is 18.9 Å². The van der Waals surface area contributed by atoms with E-state index in [0.29, 0.717) is 12.5 Å². The molecule has 18 heavy (non-hydrogen) atoms. The fourth-order valence-electron chi connectivity index (χ4n) is 2.43. The molecule has 2 N–H and O–H groups in total. The third kappa shape index (κ3) is 3.00. The molecule has 0 aromatic heterocycles. The van der Waals surface area contributed by atoms with Crippen molar-refractivity contribution in [2.24, 2.45) is 5.73 Å². The highest BCUT2D eigenvalue weighted by Gasteiger charge is 2.22. The molecule has 3 nitrogen and oxygen atoms in total. The molecular formula is C14H21FN2O. The number of anilines is 1. The Balaban J connectivity index is 2.24. The van der Waals surface area contributed by atoms with Crippen LogP contribution in [0.15, 0.2) is 18.2 Å². The summed E-state index contributed by atoms with van der Waals surface area (Å²) in [6.45, 7) is 3.48. The predicted molar refractivity (Wildman–Crippen MR) is 71.4 cm³/mol. The van der Waals surface area contributed by atoms with E-state index in [1.54, 1.807) is 6.07 Å². The molecule has 1 aromatic rings. The number of nitrogens with zero attached hydrogens (tertiary/aromatic N) is 1. The van der Waals surface area contributed by atoms with E-state index in [4.69, 9.17) is 10.5 Å². The first kappa shape index (κ1) is 13.3. The predicted octanol–water partition coefficient (Wildman–Crippen LogP) is 1.94. The number of hydrogen-bond acceptors (Lipinski definition) is 3. The second-order valence-electron chi connectivity index (χ2n) is 5.08. The average Bonchev–Trinajstić information content (AvgIpc) is 2.81. The molecule has 0 aliphatic carbocycles. The molecule has 1 aromatic carbocycles. The van der Waals surface area contributed by atoms with Gasteiger partial charge in [-0.15, -0.1) is 0 Å². The zero-order valence-corrected chi connectivity index (χ0v) is 11.0. The second-order valence-corrected chi connectivity index (χ2v) is 5.08. The normalized spacial score (nSPS) is 21.0. The maximum absolute atomic E-state index is 13.4. The van der Waals surface area contributed by atoms with Crippen LogP contribution in [0.5, 0.6) is 0 Å². The first-order valence-electron chi connectivity index (χ1n) is 6.42. The molecule has 2 rings (SSSR count). The molecule has 2 atom stereocenters. The monoisotopic (exact) mass is 252 g/mol. The molecule has 0 spiro atoms. The lowest BCUT2D eigenvalue weighted by Gasteiger charge is -2.28. The minimum absolute atomic E-state index is 0.0266. The van der Waals surface area contributed by atoms with Crippen molar-refractivity contribution in [2.45, 2.75) is 31.8 Å². The zero-order chi connectivity index (χ0) is 13.1. The summed E-state index contributed by atoms with van der Waals surface area (Å²) < 4.78 is 18.8. The molecule has 1 aliphatic heterocycles. The van der Waals surface area contributed by atoms with Crippen molar-refractivity contribution in [1.29, 1.82) is 0 Å². The second kappa shape index (κ2) is 5.67. The molecule has 0 bridgehead atoms. The highest BCUT2D eigenvalue weighted by atomic mass is 19.1. The maximum atomic E-state index is 13.4. The van der Waals surface area contributed by atoms with Gasteiger partial charge in [-0.3, -0.25) is 0 Å². The van der Waals surface area contributed by atoms with Crippen molar-refractivity contribution in [3.05, 3.63) is 29.6 Å². The number of likely N-dealkylation sites (N-methyl/N-ethyl adjacent to an activating group) is 1. The van der Waals surface area contributed by atoms with Gasteiger partial charge in [-0.1, -0.05) is 0 Å². The molecule has 0 amide bonds. The molecule has 1 heterocycles. The maximum Gasteiger partial charge on any atom is 0.123 e. The summed E-state index contributed by atoms with van der Waals surface area (Å²) in [6.07, 6.45) is 1.70. The van der Waals surface area contributed by atoms with Gasteiger partial charge in [0.2, 0.25) is 0 Å². The van der Waals surface area contributed by atoms with Gasteiger partial charge < -0.3 is 15.4 Å². The Hall–Kier alpha value is -1.13. The smallest absolute Gasteiger partial charge is 0.123 e. The first-order chi connectivity index (χ1) is 8.58. The van der Waals surface area contributed by atoms with E-state index < -0.39 is 0 Å². The summed E-state index contributed by atoms with van der Waals surface area (Å²) >= 11 is 0. The number of halogens is 1. The Morgan fingerprint density at radius 1 is 1.56 bits per heavy atom. The average molecular weight is 252 g/mol. The van der Waals surface area contributed by atoms with Crippen LogP contribution in [0, 0.1) is 5.82 Å². The third-order valence-corrected chi connectivity index (χ3v) is 3.42. The molecular weight excluding hydrogens is 231 g/mol. The van der Waals surface area contributed by atoms with Crippen LogP contribution >= 0.6 is 0 Å². The van der Waals surface area contributed by atoms with Crippen LogP contribution < -0.4 is 10.6 Å². The fraction of sp³-hybridized carbons (Fsp3) is 0.571. The lowest BCUT2D eigenvalue weighted by molar-refractivity contribution is 0.193. The van der Waals surface area contributed by atoms with E-state index in [1.165, 1.54) is 6.07 Å². The van der Waals surface area contributed by atoms with Gasteiger partial charge in [0, 0.05) is 25.4 Å². The van der Waals surface area contributed by atoms with Crippen molar-refractivity contribution in [3.8, 4) is 0 Å². The number of nitrogens with two attached hydrogens (primary N) is 1. The molecule has 0 radical (unpaired) electrons. The highest BCUT2D eigenvalue weighted by Crippen LogP contribution is 2.26. The van der Waals surface area contributed by atoms with E-state index in [-0.39, 0.29) is 11.9 Å². The quantitative estimate of drug-likeness (QED) is 0.890. The van der Waals surface area contributed by atoms with Gasteiger partial charge in [-0.05, 0) is 43.5 Å². The number of benzene rings is 1. The van der Waals surface area contributed by atoms with E-state index in [2.05, 4.69) is 4.90 Å². The first-order valence-corrected chi connectivity index (χ1v) is 6.42. The topological polar surface area (TPSA) is 38.5 Å². The van der Waals surface area contributed by atoms with Crippen molar-refractivity contribution in [1.82, 2.24) is 0 Å². The highest BCUT2D eigenvalue weighted by molar-refractivity contribution is 5.54. The third-order valence-electron chi connectivity index (χ3n) is 3.42. The van der Waals surface area contributed by atoms with Gasteiger partial charge in [0.25, 0.3) is 0 Å². The van der Waals surface area contributed by atoms with Gasteiger partial charge in [-0.2, -0.15) is 0 Å². The summed E-state index contributed by atoms with van der Waals surface area (Å²) in [6, 6.07) is 5.34. The van der Waals surface area contributed by atoms with Crippen LogP contribution in [-0.2, 0) is 11.2 Å². The molecule has 1 saturated heterocycles. The number of ether oxygens (including phenoxy) is 1. The minimum atomic E-state index is -0.203. The van der Waals surface area contributed by atoms with Gasteiger partial charge in [-0.25, -0.2) is 4.39 Å². The summed E-state index contributed by atoms with van der Waals surface area (Å²) in [5.74, 6) is -0.203. The summed E-state index contributed by atoms with van der Waals surface area (Å²) in [5.41, 5.74) is 7.86. The zero-order valence-electron chi connectivity index (χ0n) is 11.0. The van der Waals surface area contributed by atoms with Gasteiger partial charge in [0.05, 0.1) is 12.6 Å². The van der Waals surface area contributed by atoms with Crippen molar-refractivity contribution in [3.63, 3.8) is 0 Å². The van der Waals surface area contributed by atoms with Crippen molar-refractivity contribution < 1.29 is 9.13 Å². The van der Waals surface area contributed by atoms with Gasteiger partial charge in [0.1, 0.15) is 5.82 Å². The lowest BCUT2D eigenvalue weighted by atomic mass is 10.0. The Bertz CT molecular complexity index is 403. The number of rotatable bonds is 4. The molecule has 0 saturated carbocycles. The molecule has 1 fully saturated rings. The van der Waals surface area contributed by atoms with E-state index in [0.717, 1.165) is 30.9 Å². The van der Waals surface area contributed by atoms with E-state index in [9.17, 15) is 4.39 Å². The Morgan fingerprint density at radius 2 is 2.33 bits per heavy atom. The molecule has 100 valence electrons. The number of hydrogen-bond donors (Lipinski definition) is 1. The van der Waals surface area contributed by atoms with Crippen LogP contribution in [-0.4, -0.2) is 32.3 Å². The molecule has 2 unspecified atom stereocenters. The Morgan fingerprint density at radius 3 is 2.94 bits per heavy atom. The van der Waals surface area contributed by atoms with Gasteiger partial charge in [0.15, 0.2) is 0 Å². The summed E-state index contributed by atoms with van der Waals surface area (Å²) in [5, 5.41) is 0. The summed E-state index contributed by atoms with van der Waals surface area (Å²) in [4.78, 5) is 2.18. The van der Waals surface area contributed by atoms with E-state index in [1.807, 2.05) is 20.0 Å². The SMILES string of the molecule is CC(N)Cc1cc(F)ccc1N(C)C1CCOC1. The molecule has 4 heteroatoms. The largest absolute Gasteiger partial charge is 0.379 e. The van der Waals surface area contributed by atoms with Crippen molar-refractivity contribution >= 4 is 5.69 Å². The van der Waals surface area contributed by atoms with Gasteiger partial charge >= 0.3 is 0 Å². The standard InChI is InChI=1S/C14H21FN2O/c1-10(16)7-11-8-12(15)3-4-14(11)17(2)13-5-6-18-9-13/h3-4,8,10,13H,5-7,9,16H2,1-2H3. The van der Waals surface area contributed by atoms with Crippen LogP contribution in [0.2, 0.25) is 0 Å². The van der Waals surface area contributed by atoms with Crippen LogP contribution in [0.25, 0.3) is 0 Å². The Labute approximate surface area is 108 Å². The van der Waals surface area contributed by atoms with Crippen molar-refractivity contribution in [2.75, 3.05) is 25.2 Å².